The third-order valence-corrected chi connectivity index (χ3v) is 4.35. The number of nitrogens with one attached hydrogen (secondary N) is 1. The molecular formula is C16H17N5OS. The van der Waals surface area contributed by atoms with Gasteiger partial charge < -0.3 is 5.32 Å². The minimum Gasteiger partial charge on any atom is -0.349 e. The Balaban J connectivity index is 1.54. The molecule has 1 atom stereocenters. The summed E-state index contributed by atoms with van der Waals surface area (Å²) in [6.07, 6.45) is 3.76. The second-order valence-electron chi connectivity index (χ2n) is 5.16. The minimum atomic E-state index is -0.389. The van der Waals surface area contributed by atoms with Crippen molar-refractivity contribution < 1.29 is 4.79 Å². The molecule has 0 saturated heterocycles. The molecule has 0 saturated carbocycles. The highest BCUT2D eigenvalue weighted by atomic mass is 32.1. The molecule has 1 aromatic carbocycles. The number of carbonyl (C=O) groups is 1. The average Bonchev–Trinajstić information content (AvgIpc) is 3.25. The second kappa shape index (κ2) is 7.15. The van der Waals surface area contributed by atoms with Gasteiger partial charge in [-0.05, 0) is 12.5 Å². The van der Waals surface area contributed by atoms with E-state index in [1.54, 1.807) is 18.3 Å². The molecular weight excluding hydrogens is 310 g/mol. The predicted molar refractivity (Wildman–Crippen MR) is 87.9 cm³/mol. The van der Waals surface area contributed by atoms with Crippen molar-refractivity contribution in [2.24, 2.45) is 0 Å². The Morgan fingerprint density at radius 3 is 2.91 bits per heavy atom. The summed E-state index contributed by atoms with van der Waals surface area (Å²) >= 11 is 1.61. The van der Waals surface area contributed by atoms with Gasteiger partial charge in [-0.2, -0.15) is 5.10 Å². The standard InChI is InChI=1S/C16H17N5OS/c1-12(21-11-17-10-19-21)16(22)18-8-14-9-23-15(20-14)7-13-5-3-2-4-6-13/h2-6,9-12H,7-8H2,1H3,(H,18,22)/t12-/m1/s1. The van der Waals surface area contributed by atoms with Crippen LogP contribution in [0.15, 0.2) is 48.4 Å². The lowest BCUT2D eigenvalue weighted by molar-refractivity contribution is -0.124. The van der Waals surface area contributed by atoms with E-state index in [4.69, 9.17) is 0 Å². The van der Waals surface area contributed by atoms with Crippen LogP contribution < -0.4 is 5.32 Å². The molecule has 0 spiro atoms. The zero-order valence-electron chi connectivity index (χ0n) is 12.7. The molecule has 0 unspecified atom stereocenters. The van der Waals surface area contributed by atoms with Crippen molar-refractivity contribution >= 4 is 17.2 Å². The van der Waals surface area contributed by atoms with Crippen molar-refractivity contribution in [1.29, 1.82) is 0 Å². The summed E-state index contributed by atoms with van der Waals surface area (Å²) < 4.78 is 1.53. The molecule has 3 rings (SSSR count). The summed E-state index contributed by atoms with van der Waals surface area (Å²) in [5.74, 6) is -0.104. The molecule has 118 valence electrons. The molecule has 23 heavy (non-hydrogen) atoms. The Kier molecular flexibility index (Phi) is 4.77. The van der Waals surface area contributed by atoms with Gasteiger partial charge >= 0.3 is 0 Å². The van der Waals surface area contributed by atoms with Gasteiger partial charge in [0.2, 0.25) is 5.91 Å². The number of hydrogen-bond acceptors (Lipinski definition) is 5. The third kappa shape index (κ3) is 4.01. The van der Waals surface area contributed by atoms with Gasteiger partial charge in [-0.1, -0.05) is 30.3 Å². The largest absolute Gasteiger partial charge is 0.349 e. The molecule has 0 bridgehead atoms. The number of rotatable bonds is 6. The predicted octanol–water partition coefficient (Wildman–Crippen LogP) is 2.20. The molecule has 3 aromatic rings. The van der Waals surface area contributed by atoms with Crippen molar-refractivity contribution in [3.63, 3.8) is 0 Å². The minimum absolute atomic E-state index is 0.104. The first-order chi connectivity index (χ1) is 11.2. The Bertz CT molecular complexity index is 754. The van der Waals surface area contributed by atoms with Crippen LogP contribution in [0.5, 0.6) is 0 Å². The van der Waals surface area contributed by atoms with E-state index in [1.165, 1.54) is 22.9 Å². The van der Waals surface area contributed by atoms with Crippen LogP contribution in [0.2, 0.25) is 0 Å². The number of nitrogens with zero attached hydrogens (tertiary/aromatic N) is 4. The summed E-state index contributed by atoms with van der Waals surface area (Å²) in [4.78, 5) is 20.5. The van der Waals surface area contributed by atoms with E-state index >= 15 is 0 Å². The zero-order chi connectivity index (χ0) is 16.1. The maximum atomic E-state index is 12.1. The van der Waals surface area contributed by atoms with E-state index < -0.39 is 0 Å². The highest BCUT2D eigenvalue weighted by molar-refractivity contribution is 7.09. The molecule has 1 N–H and O–H groups in total. The number of thiazole rings is 1. The fourth-order valence-electron chi connectivity index (χ4n) is 2.14. The summed E-state index contributed by atoms with van der Waals surface area (Å²) in [5, 5.41) is 9.89. The maximum Gasteiger partial charge on any atom is 0.244 e. The molecule has 0 aliphatic rings. The number of amides is 1. The van der Waals surface area contributed by atoms with Gasteiger partial charge in [-0.25, -0.2) is 14.6 Å². The van der Waals surface area contributed by atoms with E-state index in [0.717, 1.165) is 17.1 Å². The lowest BCUT2D eigenvalue weighted by Crippen LogP contribution is -2.30. The molecule has 2 aromatic heterocycles. The van der Waals surface area contributed by atoms with Crippen LogP contribution in [-0.4, -0.2) is 25.7 Å². The van der Waals surface area contributed by atoms with E-state index in [0.29, 0.717) is 6.54 Å². The van der Waals surface area contributed by atoms with E-state index in [-0.39, 0.29) is 11.9 Å². The quantitative estimate of drug-likeness (QED) is 0.753. The number of hydrogen-bond donors (Lipinski definition) is 1. The Hall–Kier alpha value is -2.54. The number of benzene rings is 1. The lowest BCUT2D eigenvalue weighted by Gasteiger charge is -2.11. The second-order valence-corrected chi connectivity index (χ2v) is 6.11. The van der Waals surface area contributed by atoms with E-state index in [9.17, 15) is 4.79 Å². The molecule has 7 heteroatoms. The Labute approximate surface area is 138 Å². The van der Waals surface area contributed by atoms with Gasteiger partial charge in [-0.15, -0.1) is 11.3 Å². The SMILES string of the molecule is C[C@H](C(=O)NCc1csc(Cc2ccccc2)n1)n1cncn1. The Morgan fingerprint density at radius 2 is 2.17 bits per heavy atom. The number of aromatic nitrogens is 4. The van der Waals surface area contributed by atoms with Gasteiger partial charge in [-0.3, -0.25) is 4.79 Å². The van der Waals surface area contributed by atoms with E-state index in [1.807, 2.05) is 23.6 Å². The van der Waals surface area contributed by atoms with Gasteiger partial charge in [0.25, 0.3) is 0 Å². The number of carbonyl (C=O) groups excluding carboxylic acids is 1. The van der Waals surface area contributed by atoms with Crippen LogP contribution in [0.25, 0.3) is 0 Å². The van der Waals surface area contributed by atoms with Crippen LogP contribution in [0.3, 0.4) is 0 Å². The highest BCUT2D eigenvalue weighted by Gasteiger charge is 2.15. The van der Waals surface area contributed by atoms with Crippen LogP contribution in [-0.2, 0) is 17.8 Å². The fraction of sp³-hybridized carbons (Fsp3) is 0.250. The first-order valence-corrected chi connectivity index (χ1v) is 8.19. The highest BCUT2D eigenvalue weighted by Crippen LogP contribution is 2.15. The molecule has 6 nitrogen and oxygen atoms in total. The maximum absolute atomic E-state index is 12.1. The summed E-state index contributed by atoms with van der Waals surface area (Å²) in [7, 11) is 0. The smallest absolute Gasteiger partial charge is 0.244 e. The molecule has 0 radical (unpaired) electrons. The molecule has 0 aliphatic heterocycles. The molecule has 2 heterocycles. The van der Waals surface area contributed by atoms with Crippen LogP contribution >= 0.6 is 11.3 Å². The van der Waals surface area contributed by atoms with Crippen molar-refractivity contribution in [3.8, 4) is 0 Å². The third-order valence-electron chi connectivity index (χ3n) is 3.45. The topological polar surface area (TPSA) is 72.7 Å². The van der Waals surface area contributed by atoms with Crippen LogP contribution in [0.1, 0.15) is 29.2 Å². The van der Waals surface area contributed by atoms with Crippen molar-refractivity contribution in [2.45, 2.75) is 25.9 Å². The summed E-state index contributed by atoms with van der Waals surface area (Å²) in [5.41, 5.74) is 2.11. The normalized spacial score (nSPS) is 12.0. The van der Waals surface area contributed by atoms with Gasteiger partial charge in [0, 0.05) is 11.8 Å². The molecule has 0 fully saturated rings. The lowest BCUT2D eigenvalue weighted by atomic mass is 10.2. The van der Waals surface area contributed by atoms with E-state index in [2.05, 4.69) is 32.5 Å². The summed E-state index contributed by atoms with van der Waals surface area (Å²) in [6.45, 7) is 2.20. The average molecular weight is 327 g/mol. The molecule has 1 amide bonds. The van der Waals surface area contributed by atoms with Gasteiger partial charge in [0.05, 0.1) is 17.2 Å². The molecule has 0 aliphatic carbocycles. The van der Waals surface area contributed by atoms with Crippen molar-refractivity contribution in [1.82, 2.24) is 25.1 Å². The van der Waals surface area contributed by atoms with Crippen LogP contribution in [0.4, 0.5) is 0 Å². The summed E-state index contributed by atoms with van der Waals surface area (Å²) in [6, 6.07) is 9.83. The zero-order valence-corrected chi connectivity index (χ0v) is 13.5. The van der Waals surface area contributed by atoms with Crippen molar-refractivity contribution in [2.75, 3.05) is 0 Å². The first kappa shape index (κ1) is 15.4. The Morgan fingerprint density at radius 1 is 1.35 bits per heavy atom. The monoisotopic (exact) mass is 327 g/mol. The van der Waals surface area contributed by atoms with Crippen LogP contribution in [0, 0.1) is 0 Å². The first-order valence-electron chi connectivity index (χ1n) is 7.31. The fourth-order valence-corrected chi connectivity index (χ4v) is 2.97. The van der Waals surface area contributed by atoms with Gasteiger partial charge in [0.15, 0.2) is 0 Å². The van der Waals surface area contributed by atoms with Crippen molar-refractivity contribution in [3.05, 3.63) is 64.6 Å². The van der Waals surface area contributed by atoms with Gasteiger partial charge in [0.1, 0.15) is 18.7 Å².